The number of nitrogens with zero attached hydrogens (tertiary/aromatic N) is 1. The van der Waals surface area contributed by atoms with E-state index in [-0.39, 0.29) is 10.7 Å². The molecule has 3 rings (SSSR count). The molecule has 1 N–H and O–H groups in total. The first-order valence-electron chi connectivity index (χ1n) is 7.84. The molecule has 1 fully saturated rings. The second-order valence-corrected chi connectivity index (χ2v) is 6.82. The van der Waals surface area contributed by atoms with Gasteiger partial charge >= 0.3 is 0 Å². The van der Waals surface area contributed by atoms with E-state index in [0.717, 1.165) is 4.47 Å². The third kappa shape index (κ3) is 3.72. The number of ether oxygens (including phenoxy) is 2. The second-order valence-electron chi connectivity index (χ2n) is 5.52. The van der Waals surface area contributed by atoms with Gasteiger partial charge in [0, 0.05) is 10.0 Å². The molecular weight excluding hydrogens is 432 g/mol. The van der Waals surface area contributed by atoms with Crippen LogP contribution in [0.1, 0.15) is 5.56 Å². The van der Waals surface area contributed by atoms with E-state index in [1.807, 2.05) is 0 Å². The monoisotopic (exact) mass is 446 g/mol. The van der Waals surface area contributed by atoms with E-state index in [2.05, 4.69) is 21.2 Å². The predicted molar refractivity (Wildman–Crippen MR) is 110 cm³/mol. The number of hydrogen-bond donors (Lipinski definition) is 1. The van der Waals surface area contributed by atoms with Crippen LogP contribution >= 0.6 is 28.1 Å². The molecule has 0 aliphatic carbocycles. The highest BCUT2D eigenvalue weighted by Crippen LogP contribution is 2.33. The molecule has 0 spiro atoms. The van der Waals surface area contributed by atoms with Crippen LogP contribution in [0, 0.1) is 0 Å². The Balaban J connectivity index is 2.06. The highest BCUT2D eigenvalue weighted by Gasteiger charge is 2.34. The summed E-state index contributed by atoms with van der Waals surface area (Å²) in [5.41, 5.74) is 1.04. The van der Waals surface area contributed by atoms with E-state index >= 15 is 0 Å². The minimum atomic E-state index is -0.566. The number of anilines is 1. The normalized spacial score (nSPS) is 15.7. The van der Waals surface area contributed by atoms with Gasteiger partial charge in [0.25, 0.3) is 11.8 Å². The smallest absolute Gasteiger partial charge is 0.270 e. The van der Waals surface area contributed by atoms with Gasteiger partial charge < -0.3 is 9.47 Å². The van der Waals surface area contributed by atoms with Gasteiger partial charge in [-0.3, -0.25) is 19.8 Å². The number of rotatable bonds is 4. The number of methoxy groups -OCH3 is 2. The lowest BCUT2D eigenvalue weighted by Crippen LogP contribution is -2.54. The fourth-order valence-electron chi connectivity index (χ4n) is 2.66. The van der Waals surface area contributed by atoms with Crippen LogP contribution in [-0.2, 0) is 9.59 Å². The number of carbonyl (C=O) groups is 2. The lowest BCUT2D eigenvalue weighted by molar-refractivity contribution is -0.122. The molecule has 2 aromatic rings. The number of nitrogens with one attached hydrogen (secondary N) is 1. The Morgan fingerprint density at radius 2 is 1.78 bits per heavy atom. The van der Waals surface area contributed by atoms with Gasteiger partial charge in [-0.2, -0.15) is 0 Å². The molecule has 0 atom stereocenters. The summed E-state index contributed by atoms with van der Waals surface area (Å²) in [4.78, 5) is 26.7. The van der Waals surface area contributed by atoms with Crippen molar-refractivity contribution in [1.82, 2.24) is 5.32 Å². The number of benzene rings is 2. The minimum Gasteiger partial charge on any atom is -0.493 e. The lowest BCUT2D eigenvalue weighted by Gasteiger charge is -2.29. The van der Waals surface area contributed by atoms with Gasteiger partial charge in [0.15, 0.2) is 16.6 Å². The molecule has 0 aromatic heterocycles. The third-order valence-corrected chi connectivity index (χ3v) is 4.73. The van der Waals surface area contributed by atoms with Crippen molar-refractivity contribution in [2.45, 2.75) is 0 Å². The summed E-state index contributed by atoms with van der Waals surface area (Å²) in [5, 5.41) is 2.58. The molecule has 2 amide bonds. The van der Waals surface area contributed by atoms with Crippen molar-refractivity contribution >= 4 is 56.8 Å². The number of para-hydroxylation sites is 1. The predicted octanol–water partition coefficient (Wildman–Crippen LogP) is 3.30. The van der Waals surface area contributed by atoms with Gasteiger partial charge in [0.1, 0.15) is 5.57 Å². The van der Waals surface area contributed by atoms with Crippen LogP contribution < -0.4 is 19.7 Å². The van der Waals surface area contributed by atoms with Gasteiger partial charge in [-0.05, 0) is 48.6 Å². The molecule has 6 nitrogen and oxygen atoms in total. The van der Waals surface area contributed by atoms with E-state index in [9.17, 15) is 9.59 Å². The first-order valence-corrected chi connectivity index (χ1v) is 9.04. The summed E-state index contributed by atoms with van der Waals surface area (Å²) < 4.78 is 11.5. The molecular formula is C19H15BrN2O4S. The molecule has 0 bridgehead atoms. The summed E-state index contributed by atoms with van der Waals surface area (Å²) in [7, 11) is 3.01. The van der Waals surface area contributed by atoms with E-state index < -0.39 is 11.8 Å². The van der Waals surface area contributed by atoms with Crippen molar-refractivity contribution in [1.29, 1.82) is 0 Å². The number of carbonyl (C=O) groups excluding carboxylic acids is 2. The fraction of sp³-hybridized carbons (Fsp3) is 0.105. The SMILES string of the molecule is COc1cccc(/C=C2/C(=O)NC(=S)N(c3ccc(Br)cc3)C2=O)c1OC. The second kappa shape index (κ2) is 7.89. The molecule has 1 aliphatic rings. The van der Waals surface area contributed by atoms with Crippen molar-refractivity contribution in [3.05, 3.63) is 58.1 Å². The van der Waals surface area contributed by atoms with Gasteiger partial charge in [0.2, 0.25) is 0 Å². The molecule has 0 radical (unpaired) electrons. The molecule has 1 saturated heterocycles. The van der Waals surface area contributed by atoms with Crippen molar-refractivity contribution in [3.63, 3.8) is 0 Å². The Hall–Kier alpha value is -2.71. The third-order valence-electron chi connectivity index (χ3n) is 3.92. The fourth-order valence-corrected chi connectivity index (χ4v) is 3.21. The van der Waals surface area contributed by atoms with Gasteiger partial charge in [-0.15, -0.1) is 0 Å². The van der Waals surface area contributed by atoms with Crippen molar-refractivity contribution < 1.29 is 19.1 Å². The summed E-state index contributed by atoms with van der Waals surface area (Å²) in [6, 6.07) is 12.2. The maximum absolute atomic E-state index is 13.0. The Morgan fingerprint density at radius 1 is 1.07 bits per heavy atom. The van der Waals surface area contributed by atoms with Crippen LogP contribution in [-0.4, -0.2) is 31.1 Å². The average Bonchev–Trinajstić information content (AvgIpc) is 2.66. The van der Waals surface area contributed by atoms with Gasteiger partial charge in [-0.1, -0.05) is 28.1 Å². The topological polar surface area (TPSA) is 67.9 Å². The van der Waals surface area contributed by atoms with Gasteiger partial charge in [-0.25, -0.2) is 0 Å². The number of hydrogen-bond acceptors (Lipinski definition) is 5. The van der Waals surface area contributed by atoms with Crippen LogP contribution in [0.15, 0.2) is 52.5 Å². The maximum Gasteiger partial charge on any atom is 0.270 e. The van der Waals surface area contributed by atoms with E-state index in [1.54, 1.807) is 42.5 Å². The standard InChI is InChI=1S/C19H15BrN2O4S/c1-25-15-5-3-4-11(16(15)26-2)10-14-17(23)21-19(27)22(18(14)24)13-8-6-12(20)7-9-13/h3-10H,1-2H3,(H,21,23,27)/b14-10-. The summed E-state index contributed by atoms with van der Waals surface area (Å²) in [6.45, 7) is 0. The van der Waals surface area contributed by atoms with Crippen LogP contribution in [0.4, 0.5) is 5.69 Å². The molecule has 1 heterocycles. The minimum absolute atomic E-state index is 0.0297. The lowest BCUT2D eigenvalue weighted by atomic mass is 10.1. The summed E-state index contributed by atoms with van der Waals surface area (Å²) in [6.07, 6.45) is 1.46. The molecule has 0 unspecified atom stereocenters. The van der Waals surface area contributed by atoms with Crippen LogP contribution in [0.3, 0.4) is 0 Å². The van der Waals surface area contributed by atoms with Crippen LogP contribution in [0.5, 0.6) is 11.5 Å². The average molecular weight is 447 g/mol. The Labute approximate surface area is 169 Å². The Morgan fingerprint density at radius 3 is 2.41 bits per heavy atom. The Bertz CT molecular complexity index is 957. The quantitative estimate of drug-likeness (QED) is 0.443. The maximum atomic E-state index is 13.0. The van der Waals surface area contributed by atoms with Crippen molar-refractivity contribution in [2.24, 2.45) is 0 Å². The number of amides is 2. The van der Waals surface area contributed by atoms with Gasteiger partial charge in [0.05, 0.1) is 19.9 Å². The number of halogens is 1. The Kier molecular flexibility index (Phi) is 5.57. The van der Waals surface area contributed by atoms with Crippen LogP contribution in [0.2, 0.25) is 0 Å². The zero-order valence-corrected chi connectivity index (χ0v) is 16.9. The number of thiocarbonyl (C=S) groups is 1. The molecule has 2 aromatic carbocycles. The molecule has 1 aliphatic heterocycles. The van der Waals surface area contributed by atoms with E-state index in [4.69, 9.17) is 21.7 Å². The van der Waals surface area contributed by atoms with E-state index in [0.29, 0.717) is 22.7 Å². The molecule has 0 saturated carbocycles. The van der Waals surface area contributed by atoms with E-state index in [1.165, 1.54) is 25.2 Å². The molecule has 8 heteroatoms. The highest BCUT2D eigenvalue weighted by atomic mass is 79.9. The van der Waals surface area contributed by atoms with Crippen molar-refractivity contribution in [3.8, 4) is 11.5 Å². The molecule has 27 heavy (non-hydrogen) atoms. The zero-order valence-electron chi connectivity index (χ0n) is 14.5. The van der Waals surface area contributed by atoms with Crippen LogP contribution in [0.25, 0.3) is 6.08 Å². The summed E-state index contributed by atoms with van der Waals surface area (Å²) >= 11 is 8.54. The highest BCUT2D eigenvalue weighted by molar-refractivity contribution is 9.10. The largest absolute Gasteiger partial charge is 0.493 e. The molecule has 138 valence electrons. The first kappa shape index (κ1) is 19.1. The zero-order chi connectivity index (χ0) is 19.6. The summed E-state index contributed by atoms with van der Waals surface area (Å²) in [5.74, 6) is -0.161. The first-order chi connectivity index (χ1) is 13.0. The van der Waals surface area contributed by atoms with Crippen molar-refractivity contribution in [2.75, 3.05) is 19.1 Å².